The predicted molar refractivity (Wildman–Crippen MR) is 105 cm³/mol. The average molecular weight is 341 g/mol. The molecule has 0 saturated heterocycles. The molecule has 4 heteroatoms. The van der Waals surface area contributed by atoms with E-state index in [2.05, 4.69) is 58.5 Å². The molecule has 1 N–H and O–H groups in total. The first-order valence-electron chi connectivity index (χ1n) is 8.64. The highest BCUT2D eigenvalue weighted by Crippen LogP contribution is 2.27. The second kappa shape index (κ2) is 7.23. The fraction of sp³-hybridized carbons (Fsp3) is 0.0909. The minimum atomic E-state index is 0.785. The van der Waals surface area contributed by atoms with Gasteiger partial charge in [0.25, 0.3) is 0 Å². The molecule has 2 aromatic carbocycles. The maximum atomic E-state index is 5.83. The maximum absolute atomic E-state index is 5.83. The van der Waals surface area contributed by atoms with Crippen molar-refractivity contribution in [1.29, 1.82) is 0 Å². The highest BCUT2D eigenvalue weighted by atomic mass is 16.5. The van der Waals surface area contributed by atoms with Gasteiger partial charge in [0.15, 0.2) is 0 Å². The van der Waals surface area contributed by atoms with Crippen molar-refractivity contribution in [2.45, 2.75) is 13.3 Å². The Hall–Kier alpha value is -3.40. The Bertz CT molecular complexity index is 1030. The quantitative estimate of drug-likeness (QED) is 0.474. The molecular weight excluding hydrogens is 322 g/mol. The van der Waals surface area contributed by atoms with E-state index < -0.39 is 0 Å². The highest BCUT2D eigenvalue weighted by molar-refractivity contribution is 5.86. The third-order valence-electron chi connectivity index (χ3n) is 4.30. The number of benzene rings is 2. The summed E-state index contributed by atoms with van der Waals surface area (Å²) in [7, 11) is 0. The molecule has 0 aliphatic rings. The summed E-state index contributed by atoms with van der Waals surface area (Å²) in [6, 6.07) is 18.2. The zero-order valence-electron chi connectivity index (χ0n) is 14.5. The summed E-state index contributed by atoms with van der Waals surface area (Å²) in [5.74, 6) is 1.60. The minimum Gasteiger partial charge on any atom is -0.457 e. The smallest absolute Gasteiger partial charge is 0.130 e. The Morgan fingerprint density at radius 2 is 1.77 bits per heavy atom. The van der Waals surface area contributed by atoms with Crippen LogP contribution in [0.2, 0.25) is 0 Å². The number of allylic oxidation sites excluding steroid dienone is 1. The van der Waals surface area contributed by atoms with Crippen LogP contribution in [0.15, 0.2) is 73.2 Å². The maximum Gasteiger partial charge on any atom is 0.130 e. The van der Waals surface area contributed by atoms with Gasteiger partial charge in [-0.2, -0.15) is 5.10 Å². The molecular formula is C22H19N3O. The Kier molecular flexibility index (Phi) is 4.48. The van der Waals surface area contributed by atoms with Gasteiger partial charge in [-0.05, 0) is 59.5 Å². The third-order valence-corrected chi connectivity index (χ3v) is 4.30. The standard InChI is InChI=1S/C22H19N3O/c1-2-17(13-16-3-8-22-19(14-16)15-24-25-22)18-4-6-20(7-5-18)26-21-9-11-23-12-10-21/h3-15H,2H2,1H3,(H,24,25)/b17-13+. The number of ether oxygens (including phenoxy) is 1. The highest BCUT2D eigenvalue weighted by Gasteiger charge is 2.03. The number of nitrogens with one attached hydrogen (secondary N) is 1. The molecule has 2 heterocycles. The summed E-state index contributed by atoms with van der Waals surface area (Å²) in [5.41, 5.74) is 4.70. The van der Waals surface area contributed by atoms with Gasteiger partial charge in [0, 0.05) is 17.8 Å². The summed E-state index contributed by atoms with van der Waals surface area (Å²) in [6.07, 6.45) is 8.47. The van der Waals surface area contributed by atoms with Crippen LogP contribution in [-0.4, -0.2) is 15.2 Å². The Labute approximate surface area is 152 Å². The molecule has 4 aromatic rings. The number of fused-ring (bicyclic) bond motifs is 1. The van der Waals surface area contributed by atoms with Crippen molar-refractivity contribution in [3.05, 3.63) is 84.3 Å². The molecule has 4 nitrogen and oxygen atoms in total. The number of hydrogen-bond acceptors (Lipinski definition) is 3. The molecule has 4 rings (SSSR count). The molecule has 2 aromatic heterocycles. The summed E-state index contributed by atoms with van der Waals surface area (Å²) in [4.78, 5) is 4.00. The molecule has 0 aliphatic heterocycles. The molecule has 0 atom stereocenters. The van der Waals surface area contributed by atoms with Crippen LogP contribution < -0.4 is 4.74 Å². The molecule has 0 spiro atoms. The summed E-state index contributed by atoms with van der Waals surface area (Å²) in [6.45, 7) is 2.17. The first kappa shape index (κ1) is 16.1. The lowest BCUT2D eigenvalue weighted by Gasteiger charge is -2.09. The SMILES string of the molecule is CC/C(=C\c1ccc2[nH]ncc2c1)c1ccc(Oc2ccncc2)cc1. The van der Waals surface area contributed by atoms with Crippen LogP contribution in [0.4, 0.5) is 0 Å². The molecule has 0 radical (unpaired) electrons. The van der Waals surface area contributed by atoms with Gasteiger partial charge in [-0.15, -0.1) is 0 Å². The molecule has 0 bridgehead atoms. The van der Waals surface area contributed by atoms with Gasteiger partial charge in [-0.25, -0.2) is 0 Å². The van der Waals surface area contributed by atoms with Crippen molar-refractivity contribution >= 4 is 22.6 Å². The van der Waals surface area contributed by atoms with Gasteiger partial charge in [0.05, 0.1) is 11.7 Å². The van der Waals surface area contributed by atoms with Crippen LogP contribution in [0.25, 0.3) is 22.6 Å². The van der Waals surface area contributed by atoms with E-state index in [1.807, 2.05) is 30.5 Å². The first-order chi connectivity index (χ1) is 12.8. The Morgan fingerprint density at radius 1 is 1.00 bits per heavy atom. The minimum absolute atomic E-state index is 0.785. The van der Waals surface area contributed by atoms with Crippen molar-refractivity contribution < 1.29 is 4.74 Å². The van der Waals surface area contributed by atoms with E-state index in [-0.39, 0.29) is 0 Å². The van der Waals surface area contributed by atoms with Gasteiger partial charge in [-0.1, -0.05) is 31.2 Å². The number of pyridine rings is 1. The third kappa shape index (κ3) is 3.49. The normalized spacial score (nSPS) is 11.7. The lowest BCUT2D eigenvalue weighted by atomic mass is 10.00. The van der Waals surface area contributed by atoms with Gasteiger partial charge in [0.1, 0.15) is 11.5 Å². The van der Waals surface area contributed by atoms with Crippen molar-refractivity contribution in [3.8, 4) is 11.5 Å². The van der Waals surface area contributed by atoms with Crippen molar-refractivity contribution in [2.75, 3.05) is 0 Å². The monoisotopic (exact) mass is 341 g/mol. The van der Waals surface area contributed by atoms with Crippen molar-refractivity contribution in [1.82, 2.24) is 15.2 Å². The van der Waals surface area contributed by atoms with Gasteiger partial charge in [-0.3, -0.25) is 10.1 Å². The fourth-order valence-electron chi connectivity index (χ4n) is 2.92. The number of rotatable bonds is 5. The van der Waals surface area contributed by atoms with Crippen LogP contribution >= 0.6 is 0 Å². The largest absolute Gasteiger partial charge is 0.457 e. The van der Waals surface area contributed by atoms with Crippen LogP contribution in [0.3, 0.4) is 0 Å². The Balaban J connectivity index is 1.57. The fourth-order valence-corrected chi connectivity index (χ4v) is 2.92. The van der Waals surface area contributed by atoms with E-state index in [9.17, 15) is 0 Å². The van der Waals surface area contributed by atoms with Crippen LogP contribution in [0.1, 0.15) is 24.5 Å². The van der Waals surface area contributed by atoms with E-state index in [0.717, 1.165) is 28.8 Å². The van der Waals surface area contributed by atoms with Gasteiger partial charge >= 0.3 is 0 Å². The van der Waals surface area contributed by atoms with E-state index in [4.69, 9.17) is 4.74 Å². The molecule has 0 fully saturated rings. The zero-order chi connectivity index (χ0) is 17.8. The van der Waals surface area contributed by atoms with E-state index >= 15 is 0 Å². The first-order valence-corrected chi connectivity index (χ1v) is 8.64. The number of aromatic nitrogens is 3. The number of aromatic amines is 1. The zero-order valence-corrected chi connectivity index (χ0v) is 14.5. The lowest BCUT2D eigenvalue weighted by molar-refractivity contribution is 0.482. The van der Waals surface area contributed by atoms with E-state index in [0.29, 0.717) is 0 Å². The second-order valence-corrected chi connectivity index (χ2v) is 6.05. The Morgan fingerprint density at radius 3 is 2.54 bits per heavy atom. The van der Waals surface area contributed by atoms with E-state index in [1.54, 1.807) is 12.4 Å². The van der Waals surface area contributed by atoms with Crippen LogP contribution in [0.5, 0.6) is 11.5 Å². The van der Waals surface area contributed by atoms with E-state index in [1.165, 1.54) is 16.7 Å². The number of nitrogens with zero attached hydrogens (tertiary/aromatic N) is 2. The number of H-pyrrole nitrogens is 1. The second-order valence-electron chi connectivity index (χ2n) is 6.05. The topological polar surface area (TPSA) is 50.8 Å². The molecule has 0 amide bonds. The van der Waals surface area contributed by atoms with Gasteiger partial charge in [0.2, 0.25) is 0 Å². The molecule has 0 unspecified atom stereocenters. The molecule has 0 saturated carbocycles. The summed E-state index contributed by atoms with van der Waals surface area (Å²) >= 11 is 0. The predicted octanol–water partition coefficient (Wildman–Crippen LogP) is 5.70. The van der Waals surface area contributed by atoms with Crippen molar-refractivity contribution in [2.24, 2.45) is 0 Å². The van der Waals surface area contributed by atoms with Crippen LogP contribution in [-0.2, 0) is 0 Å². The summed E-state index contributed by atoms with van der Waals surface area (Å²) < 4.78 is 5.83. The lowest BCUT2D eigenvalue weighted by Crippen LogP contribution is -1.87. The molecule has 26 heavy (non-hydrogen) atoms. The molecule has 0 aliphatic carbocycles. The summed E-state index contributed by atoms with van der Waals surface area (Å²) in [5, 5.41) is 8.18. The van der Waals surface area contributed by atoms with Crippen LogP contribution in [0, 0.1) is 0 Å². The van der Waals surface area contributed by atoms with Crippen molar-refractivity contribution in [3.63, 3.8) is 0 Å². The average Bonchev–Trinajstić information content (AvgIpc) is 3.15. The molecule has 128 valence electrons. The number of hydrogen-bond donors (Lipinski definition) is 1. The van der Waals surface area contributed by atoms with Gasteiger partial charge < -0.3 is 4.74 Å².